The number of benzene rings is 2. The third-order valence-corrected chi connectivity index (χ3v) is 4.93. The molecule has 0 radical (unpaired) electrons. The standard InChI is InChI=1S/C21H24ClNO2/c22-19-9-4-8-18(16-19)21(11-12-21)20(24)23-13-5-14-25-15-10-17-6-2-1-3-7-17/h1-4,6-9,16H,5,10-15H2,(H,23,24). The molecule has 1 aliphatic rings. The van der Waals surface area contributed by atoms with Gasteiger partial charge in [0.2, 0.25) is 5.91 Å². The van der Waals surface area contributed by atoms with E-state index >= 15 is 0 Å². The van der Waals surface area contributed by atoms with Crippen molar-refractivity contribution in [1.82, 2.24) is 5.32 Å². The van der Waals surface area contributed by atoms with Crippen LogP contribution < -0.4 is 5.32 Å². The Morgan fingerprint density at radius 1 is 1.08 bits per heavy atom. The highest BCUT2D eigenvalue weighted by molar-refractivity contribution is 6.30. The predicted molar refractivity (Wildman–Crippen MR) is 101 cm³/mol. The quantitative estimate of drug-likeness (QED) is 0.685. The average Bonchev–Trinajstić information content (AvgIpc) is 3.44. The van der Waals surface area contributed by atoms with E-state index in [1.54, 1.807) is 0 Å². The number of nitrogens with one attached hydrogen (secondary N) is 1. The summed E-state index contributed by atoms with van der Waals surface area (Å²) in [6.45, 7) is 2.02. The summed E-state index contributed by atoms with van der Waals surface area (Å²) < 4.78 is 5.65. The van der Waals surface area contributed by atoms with Gasteiger partial charge in [0.05, 0.1) is 12.0 Å². The van der Waals surface area contributed by atoms with Crippen LogP contribution in [0.3, 0.4) is 0 Å². The molecule has 25 heavy (non-hydrogen) atoms. The van der Waals surface area contributed by atoms with Gasteiger partial charge in [-0.2, -0.15) is 0 Å². The summed E-state index contributed by atoms with van der Waals surface area (Å²) in [5.41, 5.74) is 1.95. The van der Waals surface area contributed by atoms with E-state index in [0.717, 1.165) is 31.2 Å². The predicted octanol–water partition coefficient (Wildman–Crippen LogP) is 4.14. The van der Waals surface area contributed by atoms with Crippen LogP contribution in [0.2, 0.25) is 5.02 Å². The maximum Gasteiger partial charge on any atom is 0.230 e. The highest BCUT2D eigenvalue weighted by atomic mass is 35.5. The van der Waals surface area contributed by atoms with Crippen molar-refractivity contribution >= 4 is 17.5 Å². The van der Waals surface area contributed by atoms with Gasteiger partial charge in [0.25, 0.3) is 0 Å². The lowest BCUT2D eigenvalue weighted by molar-refractivity contribution is -0.123. The fraction of sp³-hybridized carbons (Fsp3) is 0.381. The van der Waals surface area contributed by atoms with Crippen molar-refractivity contribution in [3.8, 4) is 0 Å². The van der Waals surface area contributed by atoms with E-state index in [4.69, 9.17) is 16.3 Å². The van der Waals surface area contributed by atoms with Gasteiger partial charge in [-0.3, -0.25) is 4.79 Å². The van der Waals surface area contributed by atoms with Gasteiger partial charge in [0.1, 0.15) is 0 Å². The molecule has 0 spiro atoms. The monoisotopic (exact) mass is 357 g/mol. The second-order valence-corrected chi connectivity index (χ2v) is 6.99. The number of amides is 1. The Morgan fingerprint density at radius 3 is 2.60 bits per heavy atom. The first-order valence-electron chi connectivity index (χ1n) is 8.87. The molecule has 0 unspecified atom stereocenters. The van der Waals surface area contributed by atoms with Crippen LogP contribution in [0.4, 0.5) is 0 Å². The van der Waals surface area contributed by atoms with Crippen LogP contribution in [-0.4, -0.2) is 25.7 Å². The normalized spacial score (nSPS) is 14.9. The third-order valence-electron chi connectivity index (χ3n) is 4.69. The number of carbonyl (C=O) groups is 1. The van der Waals surface area contributed by atoms with Crippen LogP contribution in [-0.2, 0) is 21.4 Å². The maximum absolute atomic E-state index is 12.5. The molecule has 0 heterocycles. The Bertz CT molecular complexity index is 698. The van der Waals surface area contributed by atoms with Crippen LogP contribution in [0.1, 0.15) is 30.4 Å². The Morgan fingerprint density at radius 2 is 1.88 bits per heavy atom. The van der Waals surface area contributed by atoms with Gasteiger partial charge in [-0.15, -0.1) is 0 Å². The zero-order valence-electron chi connectivity index (χ0n) is 14.3. The highest BCUT2D eigenvalue weighted by Gasteiger charge is 2.51. The molecule has 0 saturated heterocycles. The molecule has 3 nitrogen and oxygen atoms in total. The van der Waals surface area contributed by atoms with Crippen molar-refractivity contribution in [2.45, 2.75) is 31.1 Å². The van der Waals surface area contributed by atoms with E-state index in [2.05, 4.69) is 17.4 Å². The minimum absolute atomic E-state index is 0.110. The second-order valence-electron chi connectivity index (χ2n) is 6.55. The topological polar surface area (TPSA) is 38.3 Å². The first kappa shape index (κ1) is 18.0. The van der Waals surface area contributed by atoms with Gasteiger partial charge in [0.15, 0.2) is 0 Å². The van der Waals surface area contributed by atoms with E-state index in [-0.39, 0.29) is 11.3 Å². The van der Waals surface area contributed by atoms with E-state index in [0.29, 0.717) is 24.8 Å². The van der Waals surface area contributed by atoms with Crippen molar-refractivity contribution in [2.24, 2.45) is 0 Å². The molecule has 0 atom stereocenters. The van der Waals surface area contributed by atoms with E-state index in [1.807, 2.05) is 42.5 Å². The second kappa shape index (κ2) is 8.50. The molecule has 1 fully saturated rings. The number of hydrogen-bond acceptors (Lipinski definition) is 2. The Kier molecular flexibility index (Phi) is 6.11. The lowest BCUT2D eigenvalue weighted by Gasteiger charge is -2.16. The summed E-state index contributed by atoms with van der Waals surface area (Å²) in [6, 6.07) is 18.0. The lowest BCUT2D eigenvalue weighted by atomic mass is 9.95. The zero-order chi connectivity index (χ0) is 17.5. The van der Waals surface area contributed by atoms with Crippen molar-refractivity contribution in [1.29, 1.82) is 0 Å². The molecule has 1 amide bonds. The largest absolute Gasteiger partial charge is 0.381 e. The summed E-state index contributed by atoms with van der Waals surface area (Å²) in [4.78, 5) is 12.5. The first-order chi connectivity index (χ1) is 12.2. The van der Waals surface area contributed by atoms with Crippen molar-refractivity contribution < 1.29 is 9.53 Å². The molecule has 2 aromatic rings. The van der Waals surface area contributed by atoms with Gasteiger partial charge in [-0.05, 0) is 48.9 Å². The molecular formula is C21H24ClNO2. The first-order valence-corrected chi connectivity index (χ1v) is 9.24. The molecule has 1 N–H and O–H groups in total. The number of carbonyl (C=O) groups excluding carboxylic acids is 1. The van der Waals surface area contributed by atoms with Crippen molar-refractivity contribution in [3.63, 3.8) is 0 Å². The smallest absolute Gasteiger partial charge is 0.230 e. The summed E-state index contributed by atoms with van der Waals surface area (Å²) >= 11 is 6.05. The Labute approximate surface area is 154 Å². The van der Waals surface area contributed by atoms with Gasteiger partial charge < -0.3 is 10.1 Å². The van der Waals surface area contributed by atoms with Gasteiger partial charge in [0, 0.05) is 18.2 Å². The van der Waals surface area contributed by atoms with Gasteiger partial charge in [-0.1, -0.05) is 54.1 Å². The van der Waals surface area contributed by atoms with Crippen molar-refractivity contribution in [2.75, 3.05) is 19.8 Å². The van der Waals surface area contributed by atoms with Crippen LogP contribution in [0.15, 0.2) is 54.6 Å². The van der Waals surface area contributed by atoms with Crippen LogP contribution in [0.25, 0.3) is 0 Å². The molecule has 3 rings (SSSR count). The maximum atomic E-state index is 12.5. The lowest BCUT2D eigenvalue weighted by Crippen LogP contribution is -2.35. The molecule has 0 aromatic heterocycles. The number of halogens is 1. The molecule has 1 aliphatic carbocycles. The molecule has 132 valence electrons. The van der Waals surface area contributed by atoms with Crippen molar-refractivity contribution in [3.05, 3.63) is 70.7 Å². The fourth-order valence-electron chi connectivity index (χ4n) is 3.04. The zero-order valence-corrected chi connectivity index (χ0v) is 15.1. The average molecular weight is 358 g/mol. The third kappa shape index (κ3) is 4.83. The molecule has 1 saturated carbocycles. The molecule has 0 bridgehead atoms. The highest BCUT2D eigenvalue weighted by Crippen LogP contribution is 2.48. The minimum Gasteiger partial charge on any atom is -0.381 e. The van der Waals surface area contributed by atoms with E-state index in [1.165, 1.54) is 5.56 Å². The summed E-state index contributed by atoms with van der Waals surface area (Å²) in [5.74, 6) is 0.110. The van der Waals surface area contributed by atoms with Crippen LogP contribution >= 0.6 is 11.6 Å². The number of ether oxygens (including phenoxy) is 1. The Balaban J connectivity index is 1.33. The van der Waals surface area contributed by atoms with Gasteiger partial charge in [-0.25, -0.2) is 0 Å². The van der Waals surface area contributed by atoms with Crippen LogP contribution in [0, 0.1) is 0 Å². The van der Waals surface area contributed by atoms with Gasteiger partial charge >= 0.3 is 0 Å². The molecular weight excluding hydrogens is 334 g/mol. The molecule has 4 heteroatoms. The summed E-state index contributed by atoms with van der Waals surface area (Å²) in [7, 11) is 0. The molecule has 2 aromatic carbocycles. The fourth-order valence-corrected chi connectivity index (χ4v) is 3.23. The van der Waals surface area contributed by atoms with Crippen LogP contribution in [0.5, 0.6) is 0 Å². The molecule has 0 aliphatic heterocycles. The van der Waals surface area contributed by atoms with E-state index in [9.17, 15) is 4.79 Å². The Hall–Kier alpha value is -1.84. The number of hydrogen-bond donors (Lipinski definition) is 1. The van der Waals surface area contributed by atoms with E-state index < -0.39 is 0 Å². The minimum atomic E-state index is -0.362. The number of rotatable bonds is 9. The SMILES string of the molecule is O=C(NCCCOCCc1ccccc1)C1(c2cccc(Cl)c2)CC1. The summed E-state index contributed by atoms with van der Waals surface area (Å²) in [6.07, 6.45) is 3.54. The summed E-state index contributed by atoms with van der Waals surface area (Å²) in [5, 5.41) is 3.73.